The molecule has 1 saturated heterocycles. The van der Waals surface area contributed by atoms with Crippen molar-refractivity contribution < 1.29 is 9.84 Å². The summed E-state index contributed by atoms with van der Waals surface area (Å²) >= 11 is 0. The van der Waals surface area contributed by atoms with Crippen LogP contribution in [0.3, 0.4) is 0 Å². The van der Waals surface area contributed by atoms with Crippen molar-refractivity contribution in [1.29, 1.82) is 0 Å². The first-order valence-electron chi connectivity index (χ1n) is 5.62. The molecule has 4 nitrogen and oxygen atoms in total. The van der Waals surface area contributed by atoms with E-state index in [0.717, 1.165) is 30.8 Å². The number of aromatic hydroxyl groups is 1. The van der Waals surface area contributed by atoms with Gasteiger partial charge in [0.25, 0.3) is 0 Å². The maximum Gasteiger partial charge on any atom is 0.142 e. The molecule has 2 aromatic rings. The second-order valence-corrected chi connectivity index (χ2v) is 4.15. The Balaban J connectivity index is 2.03. The smallest absolute Gasteiger partial charge is 0.142 e. The predicted octanol–water partition coefficient (Wildman–Crippen LogP) is 2.28. The van der Waals surface area contributed by atoms with Gasteiger partial charge in [-0.1, -0.05) is 0 Å². The van der Waals surface area contributed by atoms with E-state index < -0.39 is 0 Å². The van der Waals surface area contributed by atoms with Crippen molar-refractivity contribution >= 4 is 5.52 Å². The fourth-order valence-corrected chi connectivity index (χ4v) is 2.19. The zero-order valence-corrected chi connectivity index (χ0v) is 8.97. The lowest BCUT2D eigenvalue weighted by atomic mass is 10.1. The number of hydrogen-bond donors (Lipinski definition) is 1. The van der Waals surface area contributed by atoms with Crippen LogP contribution in [0.25, 0.3) is 5.52 Å². The van der Waals surface area contributed by atoms with Gasteiger partial charge in [0, 0.05) is 18.9 Å². The molecule has 1 unspecified atom stereocenters. The minimum atomic E-state index is 0.0980. The fraction of sp³-hybridized carbons (Fsp3) is 0.417. The van der Waals surface area contributed by atoms with Gasteiger partial charge < -0.3 is 14.2 Å². The summed E-state index contributed by atoms with van der Waals surface area (Å²) in [6.45, 7) is 0.817. The molecular formula is C12H14N2O2. The van der Waals surface area contributed by atoms with Gasteiger partial charge in [-0.05, 0) is 25.3 Å². The Morgan fingerprint density at radius 3 is 3.19 bits per heavy atom. The van der Waals surface area contributed by atoms with E-state index in [2.05, 4.69) is 4.98 Å². The predicted molar refractivity (Wildman–Crippen MR) is 59.4 cm³/mol. The normalized spacial score (nSPS) is 21.4. The van der Waals surface area contributed by atoms with E-state index in [-0.39, 0.29) is 11.9 Å². The third kappa shape index (κ3) is 1.55. The maximum absolute atomic E-state index is 9.38. The molecule has 0 spiro atoms. The minimum Gasteiger partial charge on any atom is -0.508 e. The molecule has 0 radical (unpaired) electrons. The van der Waals surface area contributed by atoms with Gasteiger partial charge in [-0.15, -0.1) is 0 Å². The summed E-state index contributed by atoms with van der Waals surface area (Å²) < 4.78 is 7.70. The molecule has 1 aliphatic rings. The summed E-state index contributed by atoms with van der Waals surface area (Å²) in [5.74, 6) is 1.21. The molecule has 16 heavy (non-hydrogen) atoms. The van der Waals surface area contributed by atoms with Crippen LogP contribution in [0.1, 0.15) is 31.2 Å². The van der Waals surface area contributed by atoms with Crippen LogP contribution in [0.2, 0.25) is 0 Å². The highest BCUT2D eigenvalue weighted by molar-refractivity contribution is 5.50. The Hall–Kier alpha value is -1.55. The van der Waals surface area contributed by atoms with E-state index in [1.54, 1.807) is 18.3 Å². The third-order valence-electron chi connectivity index (χ3n) is 3.01. The first-order valence-corrected chi connectivity index (χ1v) is 5.62. The van der Waals surface area contributed by atoms with Crippen LogP contribution in [-0.4, -0.2) is 21.1 Å². The summed E-state index contributed by atoms with van der Waals surface area (Å²) in [7, 11) is 0. The molecule has 1 N–H and O–H groups in total. The van der Waals surface area contributed by atoms with Gasteiger partial charge >= 0.3 is 0 Å². The number of ether oxygens (including phenoxy) is 1. The minimum absolute atomic E-state index is 0.0980. The van der Waals surface area contributed by atoms with Crippen LogP contribution in [0, 0.1) is 0 Å². The molecule has 0 amide bonds. The summed E-state index contributed by atoms with van der Waals surface area (Å²) in [4.78, 5) is 4.39. The lowest BCUT2D eigenvalue weighted by Crippen LogP contribution is -2.14. The average Bonchev–Trinajstić information content (AvgIpc) is 2.73. The number of nitrogens with zero attached hydrogens (tertiary/aromatic N) is 2. The van der Waals surface area contributed by atoms with Gasteiger partial charge in [0.05, 0.1) is 11.7 Å². The SMILES string of the molecule is Oc1ccn2c(C3CCCCO3)ncc2c1. The van der Waals surface area contributed by atoms with Crippen molar-refractivity contribution in [3.8, 4) is 5.75 Å². The van der Waals surface area contributed by atoms with E-state index in [1.807, 2.05) is 10.6 Å². The number of aromatic nitrogens is 2. The number of fused-ring (bicyclic) bond motifs is 1. The quantitative estimate of drug-likeness (QED) is 0.798. The lowest BCUT2D eigenvalue weighted by Gasteiger charge is -2.21. The van der Waals surface area contributed by atoms with Crippen LogP contribution in [0.4, 0.5) is 0 Å². The van der Waals surface area contributed by atoms with Crippen LogP contribution < -0.4 is 0 Å². The summed E-state index contributed by atoms with van der Waals surface area (Å²) in [6, 6.07) is 3.38. The topological polar surface area (TPSA) is 46.8 Å². The number of hydrogen-bond acceptors (Lipinski definition) is 3. The van der Waals surface area contributed by atoms with Crippen LogP contribution in [0.15, 0.2) is 24.5 Å². The Bertz CT molecular complexity index is 501. The van der Waals surface area contributed by atoms with Crippen molar-refractivity contribution in [3.63, 3.8) is 0 Å². The molecule has 2 aromatic heterocycles. The molecule has 1 atom stereocenters. The maximum atomic E-state index is 9.38. The highest BCUT2D eigenvalue weighted by Gasteiger charge is 2.20. The molecule has 3 heterocycles. The lowest BCUT2D eigenvalue weighted by molar-refractivity contribution is 0.00915. The Kier molecular flexibility index (Phi) is 2.29. The highest BCUT2D eigenvalue weighted by atomic mass is 16.5. The zero-order chi connectivity index (χ0) is 11.0. The van der Waals surface area contributed by atoms with E-state index in [4.69, 9.17) is 4.74 Å². The molecule has 3 rings (SSSR count). The molecule has 0 aliphatic carbocycles. The first kappa shape index (κ1) is 9.66. The Morgan fingerprint density at radius 2 is 2.38 bits per heavy atom. The van der Waals surface area contributed by atoms with E-state index in [1.165, 1.54) is 6.42 Å². The van der Waals surface area contributed by atoms with Crippen molar-refractivity contribution in [2.45, 2.75) is 25.4 Å². The number of imidazole rings is 1. The standard InChI is InChI=1S/C12H14N2O2/c15-10-4-5-14-9(7-10)8-13-12(14)11-3-1-2-6-16-11/h4-5,7-8,11,15H,1-3,6H2. The molecule has 0 saturated carbocycles. The van der Waals surface area contributed by atoms with Gasteiger partial charge in [0.1, 0.15) is 17.7 Å². The van der Waals surface area contributed by atoms with Gasteiger partial charge in [0.15, 0.2) is 0 Å². The van der Waals surface area contributed by atoms with Crippen molar-refractivity contribution in [2.75, 3.05) is 6.61 Å². The van der Waals surface area contributed by atoms with Gasteiger partial charge in [-0.2, -0.15) is 0 Å². The molecule has 0 bridgehead atoms. The second-order valence-electron chi connectivity index (χ2n) is 4.15. The van der Waals surface area contributed by atoms with E-state index in [0.29, 0.717) is 0 Å². The molecule has 1 fully saturated rings. The molecule has 4 heteroatoms. The van der Waals surface area contributed by atoms with Crippen LogP contribution in [0.5, 0.6) is 5.75 Å². The fourth-order valence-electron chi connectivity index (χ4n) is 2.19. The number of pyridine rings is 1. The largest absolute Gasteiger partial charge is 0.508 e. The Morgan fingerprint density at radius 1 is 1.44 bits per heavy atom. The van der Waals surface area contributed by atoms with Crippen molar-refractivity contribution in [2.24, 2.45) is 0 Å². The summed E-state index contributed by atoms with van der Waals surface area (Å²) in [6.07, 6.45) is 7.07. The van der Waals surface area contributed by atoms with Crippen LogP contribution in [-0.2, 0) is 4.74 Å². The van der Waals surface area contributed by atoms with E-state index in [9.17, 15) is 5.11 Å². The second kappa shape index (κ2) is 3.79. The summed E-state index contributed by atoms with van der Waals surface area (Å²) in [5, 5.41) is 9.38. The number of rotatable bonds is 1. The van der Waals surface area contributed by atoms with Crippen LogP contribution >= 0.6 is 0 Å². The van der Waals surface area contributed by atoms with Crippen molar-refractivity contribution in [1.82, 2.24) is 9.38 Å². The van der Waals surface area contributed by atoms with Gasteiger partial charge in [-0.25, -0.2) is 4.98 Å². The van der Waals surface area contributed by atoms with Gasteiger partial charge in [-0.3, -0.25) is 0 Å². The molecule has 0 aromatic carbocycles. The Labute approximate surface area is 93.5 Å². The molecule has 1 aliphatic heterocycles. The van der Waals surface area contributed by atoms with Crippen molar-refractivity contribution in [3.05, 3.63) is 30.4 Å². The highest BCUT2D eigenvalue weighted by Crippen LogP contribution is 2.28. The van der Waals surface area contributed by atoms with Gasteiger partial charge in [0.2, 0.25) is 0 Å². The van der Waals surface area contributed by atoms with E-state index >= 15 is 0 Å². The molecular weight excluding hydrogens is 204 g/mol. The zero-order valence-electron chi connectivity index (χ0n) is 8.97. The third-order valence-corrected chi connectivity index (χ3v) is 3.01. The monoisotopic (exact) mass is 218 g/mol. The first-order chi connectivity index (χ1) is 7.84. The summed E-state index contributed by atoms with van der Waals surface area (Å²) in [5.41, 5.74) is 0.907. The molecule has 84 valence electrons. The average molecular weight is 218 g/mol.